The van der Waals surface area contributed by atoms with Crippen LogP contribution in [-0.4, -0.2) is 17.2 Å². The Balaban J connectivity index is 1.87. The quantitative estimate of drug-likeness (QED) is 0.667. The highest BCUT2D eigenvalue weighted by Crippen LogP contribution is 2.46. The number of pyridine rings is 1. The van der Waals surface area contributed by atoms with Gasteiger partial charge in [0.25, 0.3) is 0 Å². The third-order valence-corrected chi connectivity index (χ3v) is 6.02. The van der Waals surface area contributed by atoms with E-state index in [1.54, 1.807) is 18.4 Å². The van der Waals surface area contributed by atoms with Gasteiger partial charge in [-0.05, 0) is 60.4 Å². The van der Waals surface area contributed by atoms with Crippen LogP contribution in [-0.2, 0) is 0 Å². The number of para-hydroxylation sites is 2. The zero-order valence-corrected chi connectivity index (χ0v) is 16.2. The molecule has 1 aliphatic rings. The molecule has 6 heteroatoms. The van der Waals surface area contributed by atoms with Gasteiger partial charge in [-0.3, -0.25) is 4.98 Å². The molecule has 26 heavy (non-hydrogen) atoms. The Labute approximate surface area is 162 Å². The molecule has 1 N–H and O–H groups in total. The van der Waals surface area contributed by atoms with E-state index in [-0.39, 0.29) is 12.1 Å². The van der Waals surface area contributed by atoms with Gasteiger partial charge in [-0.15, -0.1) is 11.3 Å². The molecule has 2 unspecified atom stereocenters. The number of ether oxygens (including phenoxy) is 1. The van der Waals surface area contributed by atoms with Crippen molar-refractivity contribution in [3.05, 3.63) is 76.2 Å². The Morgan fingerprint density at radius 3 is 2.65 bits per heavy atom. The molecule has 0 radical (unpaired) electrons. The zero-order chi connectivity index (χ0) is 18.1. The van der Waals surface area contributed by atoms with Crippen molar-refractivity contribution in [3.63, 3.8) is 0 Å². The molecule has 3 aromatic rings. The van der Waals surface area contributed by atoms with Crippen molar-refractivity contribution in [1.82, 2.24) is 10.3 Å². The smallest absolute Gasteiger partial charge is 0.174 e. The molecule has 2 aromatic heterocycles. The SMILES string of the molecule is COc1ccccc1N1C(=S)NC(c2ccccn2)C1c1sccc1C. The Morgan fingerprint density at radius 2 is 1.96 bits per heavy atom. The van der Waals surface area contributed by atoms with Crippen LogP contribution < -0.4 is 15.0 Å². The predicted molar refractivity (Wildman–Crippen MR) is 110 cm³/mol. The summed E-state index contributed by atoms with van der Waals surface area (Å²) >= 11 is 7.49. The Bertz CT molecular complexity index is 926. The summed E-state index contributed by atoms with van der Waals surface area (Å²) in [5.41, 5.74) is 3.20. The molecule has 0 saturated carbocycles. The average molecular weight is 382 g/mol. The average Bonchev–Trinajstić information content (AvgIpc) is 3.25. The Kier molecular flexibility index (Phi) is 4.61. The maximum Gasteiger partial charge on any atom is 0.174 e. The van der Waals surface area contributed by atoms with Crippen LogP contribution in [0.1, 0.15) is 28.2 Å². The summed E-state index contributed by atoms with van der Waals surface area (Å²) in [6.45, 7) is 2.14. The third kappa shape index (κ3) is 2.85. The van der Waals surface area contributed by atoms with Crippen LogP contribution in [0.25, 0.3) is 0 Å². The maximum absolute atomic E-state index is 5.74. The summed E-state index contributed by atoms with van der Waals surface area (Å²) in [6.07, 6.45) is 1.82. The van der Waals surface area contributed by atoms with Crippen LogP contribution in [0.15, 0.2) is 60.1 Å². The summed E-state index contributed by atoms with van der Waals surface area (Å²) < 4.78 is 5.60. The van der Waals surface area contributed by atoms with E-state index in [0.717, 1.165) is 17.1 Å². The van der Waals surface area contributed by atoms with E-state index in [9.17, 15) is 0 Å². The molecule has 3 heterocycles. The van der Waals surface area contributed by atoms with E-state index in [4.69, 9.17) is 17.0 Å². The minimum Gasteiger partial charge on any atom is -0.495 e. The monoisotopic (exact) mass is 381 g/mol. The fourth-order valence-corrected chi connectivity index (χ4v) is 4.79. The van der Waals surface area contributed by atoms with Crippen molar-refractivity contribution in [2.75, 3.05) is 12.0 Å². The van der Waals surface area contributed by atoms with Gasteiger partial charge in [0.05, 0.1) is 30.6 Å². The second-order valence-corrected chi connectivity index (χ2v) is 7.47. The van der Waals surface area contributed by atoms with Gasteiger partial charge in [0.1, 0.15) is 5.75 Å². The van der Waals surface area contributed by atoms with Gasteiger partial charge in [0.2, 0.25) is 0 Å². The molecule has 4 rings (SSSR count). The molecular formula is C20H19N3OS2. The van der Waals surface area contributed by atoms with E-state index in [2.05, 4.69) is 33.6 Å². The lowest BCUT2D eigenvalue weighted by atomic mass is 10.0. The second kappa shape index (κ2) is 7.05. The largest absolute Gasteiger partial charge is 0.495 e. The minimum absolute atomic E-state index is 0.0219. The minimum atomic E-state index is -0.0223. The highest BCUT2D eigenvalue weighted by Gasteiger charge is 2.42. The molecule has 0 aliphatic carbocycles. The molecule has 2 atom stereocenters. The van der Waals surface area contributed by atoms with Gasteiger partial charge < -0.3 is 15.0 Å². The molecule has 1 saturated heterocycles. The number of nitrogens with zero attached hydrogens (tertiary/aromatic N) is 2. The molecular weight excluding hydrogens is 362 g/mol. The first-order valence-electron chi connectivity index (χ1n) is 8.38. The van der Waals surface area contributed by atoms with Gasteiger partial charge in [-0.25, -0.2) is 0 Å². The highest BCUT2D eigenvalue weighted by molar-refractivity contribution is 7.80. The number of thiophene rings is 1. The summed E-state index contributed by atoms with van der Waals surface area (Å²) in [7, 11) is 1.69. The van der Waals surface area contributed by atoms with E-state index in [1.165, 1.54) is 10.4 Å². The van der Waals surface area contributed by atoms with Gasteiger partial charge >= 0.3 is 0 Å². The molecule has 0 bridgehead atoms. The van der Waals surface area contributed by atoms with Gasteiger partial charge in [0, 0.05) is 11.1 Å². The van der Waals surface area contributed by atoms with Crippen molar-refractivity contribution >= 4 is 34.4 Å². The first-order valence-corrected chi connectivity index (χ1v) is 9.67. The summed E-state index contributed by atoms with van der Waals surface area (Å²) in [6, 6.07) is 16.1. The highest BCUT2D eigenvalue weighted by atomic mass is 32.1. The molecule has 0 spiro atoms. The zero-order valence-electron chi connectivity index (χ0n) is 14.5. The first kappa shape index (κ1) is 17.0. The first-order chi connectivity index (χ1) is 12.7. The number of methoxy groups -OCH3 is 1. The fraction of sp³-hybridized carbons (Fsp3) is 0.200. The van der Waals surface area contributed by atoms with E-state index < -0.39 is 0 Å². The van der Waals surface area contributed by atoms with E-state index in [1.807, 2.05) is 48.7 Å². The lowest BCUT2D eigenvalue weighted by Gasteiger charge is -2.28. The van der Waals surface area contributed by atoms with Crippen LogP contribution in [0.4, 0.5) is 5.69 Å². The number of anilines is 1. The van der Waals surface area contributed by atoms with Crippen molar-refractivity contribution in [3.8, 4) is 5.75 Å². The number of rotatable bonds is 4. The third-order valence-electron chi connectivity index (χ3n) is 4.61. The lowest BCUT2D eigenvalue weighted by molar-refractivity contribution is 0.414. The van der Waals surface area contributed by atoms with Crippen molar-refractivity contribution in [2.45, 2.75) is 19.0 Å². The van der Waals surface area contributed by atoms with Crippen molar-refractivity contribution < 1.29 is 4.74 Å². The normalized spacial score (nSPS) is 19.5. The molecule has 1 aromatic carbocycles. The van der Waals surface area contributed by atoms with Crippen LogP contribution in [0.5, 0.6) is 5.75 Å². The molecule has 0 amide bonds. The number of aryl methyl sites for hydroxylation is 1. The molecule has 132 valence electrons. The summed E-state index contributed by atoms with van der Waals surface area (Å²) in [5, 5.41) is 6.29. The fourth-order valence-electron chi connectivity index (χ4n) is 3.40. The van der Waals surface area contributed by atoms with E-state index in [0.29, 0.717) is 5.11 Å². The standard InChI is InChI=1S/C20H19N3OS2/c1-13-10-12-26-19(13)18-17(14-7-5-6-11-21-14)22-20(25)23(18)15-8-3-4-9-16(15)24-2/h3-12,17-18H,1-2H3,(H,22,25). The number of aromatic nitrogens is 1. The van der Waals surface area contributed by atoms with Gasteiger partial charge in [-0.2, -0.15) is 0 Å². The molecule has 4 nitrogen and oxygen atoms in total. The van der Waals surface area contributed by atoms with Crippen molar-refractivity contribution in [2.24, 2.45) is 0 Å². The summed E-state index contributed by atoms with van der Waals surface area (Å²) in [4.78, 5) is 8.02. The number of nitrogens with one attached hydrogen (secondary N) is 1. The molecule has 1 fully saturated rings. The van der Waals surface area contributed by atoms with Gasteiger partial charge in [-0.1, -0.05) is 18.2 Å². The van der Waals surface area contributed by atoms with Crippen LogP contribution >= 0.6 is 23.6 Å². The van der Waals surface area contributed by atoms with Crippen molar-refractivity contribution in [1.29, 1.82) is 0 Å². The maximum atomic E-state index is 5.74. The topological polar surface area (TPSA) is 37.4 Å². The number of benzene rings is 1. The Hall–Kier alpha value is -2.44. The van der Waals surface area contributed by atoms with Crippen LogP contribution in [0.2, 0.25) is 0 Å². The second-order valence-electron chi connectivity index (χ2n) is 6.14. The lowest BCUT2D eigenvalue weighted by Crippen LogP contribution is -2.29. The van der Waals surface area contributed by atoms with Crippen LogP contribution in [0, 0.1) is 6.92 Å². The molecule has 1 aliphatic heterocycles. The predicted octanol–water partition coefficient (Wildman–Crippen LogP) is 4.64. The van der Waals surface area contributed by atoms with E-state index >= 15 is 0 Å². The van der Waals surface area contributed by atoms with Gasteiger partial charge in [0.15, 0.2) is 5.11 Å². The number of hydrogen-bond acceptors (Lipinski definition) is 4. The van der Waals surface area contributed by atoms with Crippen LogP contribution in [0.3, 0.4) is 0 Å². The number of hydrogen-bond donors (Lipinski definition) is 1. The number of thiocarbonyl (C=S) groups is 1. The summed E-state index contributed by atoms with van der Waals surface area (Å²) in [5.74, 6) is 0.803. The Morgan fingerprint density at radius 1 is 1.15 bits per heavy atom.